The maximum atomic E-state index is 12.9. The van der Waals surface area contributed by atoms with Crippen molar-refractivity contribution in [2.75, 3.05) is 0 Å². The standard InChI is InChI=1S/C22H21ClO5/c1-4-6-12-8-9-14-19(27-12)16-13(7-5-2)18(23)22(25)28-21(16)17-15(24)10-11(3)26-20(14)17/h4,6,8-9,11-12H,5,7,10H2,1-3H3. The molecular weight excluding hydrogens is 380 g/mol. The van der Waals surface area contributed by atoms with E-state index in [9.17, 15) is 9.59 Å². The van der Waals surface area contributed by atoms with Crippen LogP contribution in [0.4, 0.5) is 0 Å². The highest BCUT2D eigenvalue weighted by molar-refractivity contribution is 6.32. The van der Waals surface area contributed by atoms with E-state index >= 15 is 0 Å². The van der Waals surface area contributed by atoms with Gasteiger partial charge in [0.1, 0.15) is 34.3 Å². The fourth-order valence-electron chi connectivity index (χ4n) is 3.85. The maximum Gasteiger partial charge on any atom is 0.355 e. The molecule has 0 amide bonds. The molecule has 0 radical (unpaired) electrons. The summed E-state index contributed by atoms with van der Waals surface area (Å²) in [6.45, 7) is 5.76. The molecule has 2 unspecified atom stereocenters. The number of ketones is 1. The van der Waals surface area contributed by atoms with Crippen molar-refractivity contribution in [3.63, 3.8) is 0 Å². The topological polar surface area (TPSA) is 65.7 Å². The summed E-state index contributed by atoms with van der Waals surface area (Å²) in [6, 6.07) is 0. The van der Waals surface area contributed by atoms with Gasteiger partial charge >= 0.3 is 5.63 Å². The molecule has 0 N–H and O–H groups in total. The molecule has 0 saturated carbocycles. The van der Waals surface area contributed by atoms with Crippen LogP contribution in [0.2, 0.25) is 5.02 Å². The number of hydrogen-bond acceptors (Lipinski definition) is 5. The number of ether oxygens (including phenoxy) is 2. The lowest BCUT2D eigenvalue weighted by molar-refractivity contribution is 0.0870. The highest BCUT2D eigenvalue weighted by Crippen LogP contribution is 2.48. The van der Waals surface area contributed by atoms with Gasteiger partial charge in [0.15, 0.2) is 11.4 Å². The van der Waals surface area contributed by atoms with Crippen LogP contribution in [0.1, 0.15) is 55.1 Å². The first-order chi connectivity index (χ1) is 13.5. The molecule has 0 spiro atoms. The van der Waals surface area contributed by atoms with Gasteiger partial charge in [0, 0.05) is 6.42 Å². The van der Waals surface area contributed by atoms with Crippen LogP contribution in [0.15, 0.2) is 27.4 Å². The Labute approximate surface area is 167 Å². The van der Waals surface area contributed by atoms with Crippen LogP contribution in [0, 0.1) is 0 Å². The normalized spacial score (nSPS) is 20.8. The Hall–Kier alpha value is -2.53. The average Bonchev–Trinajstić information content (AvgIpc) is 2.65. The molecule has 0 bridgehead atoms. The summed E-state index contributed by atoms with van der Waals surface area (Å²) in [5.74, 6) is 0.836. The molecule has 4 rings (SSSR count). The number of carbonyl (C=O) groups excluding carboxylic acids is 1. The Morgan fingerprint density at radius 3 is 2.75 bits per heavy atom. The number of carbonyl (C=O) groups is 1. The monoisotopic (exact) mass is 400 g/mol. The van der Waals surface area contributed by atoms with Crippen molar-refractivity contribution < 1.29 is 18.7 Å². The highest BCUT2D eigenvalue weighted by atomic mass is 35.5. The summed E-state index contributed by atoms with van der Waals surface area (Å²) in [7, 11) is 0. The predicted octanol–water partition coefficient (Wildman–Crippen LogP) is 5.10. The number of halogens is 1. The number of rotatable bonds is 3. The second-order valence-corrected chi connectivity index (χ2v) is 7.48. The summed E-state index contributed by atoms with van der Waals surface area (Å²) in [5.41, 5.74) is 1.19. The minimum Gasteiger partial charge on any atom is -0.489 e. The molecule has 5 nitrogen and oxygen atoms in total. The molecule has 3 heterocycles. The van der Waals surface area contributed by atoms with E-state index in [1.807, 2.05) is 45.1 Å². The Balaban J connectivity index is 2.16. The van der Waals surface area contributed by atoms with Crippen molar-refractivity contribution in [1.29, 1.82) is 0 Å². The Bertz CT molecular complexity index is 1090. The molecule has 2 atom stereocenters. The first-order valence-corrected chi connectivity index (χ1v) is 9.86. The van der Waals surface area contributed by atoms with Crippen molar-refractivity contribution in [2.24, 2.45) is 0 Å². The molecule has 1 aromatic carbocycles. The molecule has 28 heavy (non-hydrogen) atoms. The van der Waals surface area contributed by atoms with E-state index in [1.54, 1.807) is 0 Å². The Morgan fingerprint density at radius 1 is 1.25 bits per heavy atom. The highest BCUT2D eigenvalue weighted by Gasteiger charge is 2.35. The van der Waals surface area contributed by atoms with Gasteiger partial charge in [-0.1, -0.05) is 31.0 Å². The van der Waals surface area contributed by atoms with Gasteiger partial charge < -0.3 is 13.9 Å². The van der Waals surface area contributed by atoms with Gasteiger partial charge in [0.25, 0.3) is 0 Å². The van der Waals surface area contributed by atoms with E-state index < -0.39 is 5.63 Å². The van der Waals surface area contributed by atoms with Gasteiger partial charge in [-0.15, -0.1) is 0 Å². The minimum absolute atomic E-state index is 0.0368. The molecule has 0 fully saturated rings. The number of fused-ring (bicyclic) bond motifs is 6. The Morgan fingerprint density at radius 2 is 2.04 bits per heavy atom. The van der Waals surface area contributed by atoms with Gasteiger partial charge in [-0.05, 0) is 44.1 Å². The molecule has 0 saturated heterocycles. The maximum absolute atomic E-state index is 12.9. The summed E-state index contributed by atoms with van der Waals surface area (Å²) in [4.78, 5) is 25.3. The van der Waals surface area contributed by atoms with E-state index in [0.29, 0.717) is 40.0 Å². The van der Waals surface area contributed by atoms with Crippen LogP contribution in [0.3, 0.4) is 0 Å². The zero-order chi connectivity index (χ0) is 20.0. The number of allylic oxidation sites excluding steroid dienone is 1. The molecule has 6 heteroatoms. The van der Waals surface area contributed by atoms with Gasteiger partial charge in [-0.3, -0.25) is 4.79 Å². The van der Waals surface area contributed by atoms with Crippen molar-refractivity contribution >= 4 is 34.4 Å². The zero-order valence-electron chi connectivity index (χ0n) is 16.0. The van der Waals surface area contributed by atoms with E-state index in [2.05, 4.69) is 0 Å². The molecule has 146 valence electrons. The predicted molar refractivity (Wildman–Crippen MR) is 109 cm³/mol. The van der Waals surface area contributed by atoms with Crippen LogP contribution in [0.25, 0.3) is 17.0 Å². The van der Waals surface area contributed by atoms with Crippen LogP contribution >= 0.6 is 11.6 Å². The number of hydrogen-bond donors (Lipinski definition) is 0. The third kappa shape index (κ3) is 2.85. The quantitative estimate of drug-likeness (QED) is 0.529. The van der Waals surface area contributed by atoms with Crippen LogP contribution in [-0.4, -0.2) is 18.0 Å². The third-order valence-corrected chi connectivity index (χ3v) is 5.38. The lowest BCUT2D eigenvalue weighted by Crippen LogP contribution is -2.27. The molecule has 2 aliphatic heterocycles. The van der Waals surface area contributed by atoms with Gasteiger partial charge in [0.2, 0.25) is 0 Å². The summed E-state index contributed by atoms with van der Waals surface area (Å²) in [5, 5.41) is 0.625. The fourth-order valence-corrected chi connectivity index (χ4v) is 4.08. The molecule has 2 aromatic rings. The van der Waals surface area contributed by atoms with E-state index in [0.717, 1.165) is 6.42 Å². The second kappa shape index (κ2) is 7.13. The summed E-state index contributed by atoms with van der Waals surface area (Å²) in [6.07, 6.45) is 8.67. The number of Topliss-reactive ketones (excluding diaryl/α,β-unsaturated/α-hetero) is 1. The van der Waals surface area contributed by atoms with E-state index in [4.69, 9.17) is 25.5 Å². The molecule has 2 aliphatic rings. The van der Waals surface area contributed by atoms with Gasteiger partial charge in [0.05, 0.1) is 10.9 Å². The smallest absolute Gasteiger partial charge is 0.355 e. The van der Waals surface area contributed by atoms with Crippen LogP contribution in [0.5, 0.6) is 11.5 Å². The fraction of sp³-hybridized carbons (Fsp3) is 0.364. The van der Waals surface area contributed by atoms with Crippen molar-refractivity contribution in [3.8, 4) is 11.5 Å². The summed E-state index contributed by atoms with van der Waals surface area (Å²) >= 11 is 6.32. The summed E-state index contributed by atoms with van der Waals surface area (Å²) < 4.78 is 17.8. The first-order valence-electron chi connectivity index (χ1n) is 9.48. The average molecular weight is 401 g/mol. The molecular formula is C22H21ClO5. The largest absolute Gasteiger partial charge is 0.489 e. The first kappa shape index (κ1) is 18.8. The zero-order valence-corrected chi connectivity index (χ0v) is 16.8. The second-order valence-electron chi connectivity index (χ2n) is 7.11. The lowest BCUT2D eigenvalue weighted by atomic mass is 9.91. The van der Waals surface area contributed by atoms with E-state index in [-0.39, 0.29) is 35.0 Å². The van der Waals surface area contributed by atoms with Crippen molar-refractivity contribution in [1.82, 2.24) is 0 Å². The van der Waals surface area contributed by atoms with Crippen LogP contribution in [-0.2, 0) is 6.42 Å². The van der Waals surface area contributed by atoms with Crippen LogP contribution < -0.4 is 15.1 Å². The SMILES string of the molecule is CC=CC1C=Cc2c3c(c4oc(=O)c(Cl)c(CCC)c4c2O1)C(=O)CC(C)O3. The Kier molecular flexibility index (Phi) is 4.79. The molecule has 0 aliphatic carbocycles. The van der Waals surface area contributed by atoms with E-state index in [1.165, 1.54) is 0 Å². The minimum atomic E-state index is -0.650. The lowest BCUT2D eigenvalue weighted by Gasteiger charge is -2.29. The number of aryl methyl sites for hydroxylation is 1. The third-order valence-electron chi connectivity index (χ3n) is 5.00. The van der Waals surface area contributed by atoms with Crippen molar-refractivity contribution in [2.45, 2.75) is 52.2 Å². The van der Waals surface area contributed by atoms with Gasteiger partial charge in [-0.2, -0.15) is 0 Å². The van der Waals surface area contributed by atoms with Gasteiger partial charge in [-0.25, -0.2) is 4.79 Å². The molecule has 1 aromatic heterocycles. The van der Waals surface area contributed by atoms with Crippen molar-refractivity contribution in [3.05, 3.63) is 50.4 Å². The number of benzene rings is 1.